The molecule has 3 rings (SSSR count). The highest BCUT2D eigenvalue weighted by molar-refractivity contribution is 6.34. The number of carbonyl (C=O) groups is 2. The van der Waals surface area contributed by atoms with E-state index in [4.69, 9.17) is 14.2 Å². The summed E-state index contributed by atoms with van der Waals surface area (Å²) in [5.41, 5.74) is 2.82. The molecule has 166 valence electrons. The highest BCUT2D eigenvalue weighted by Crippen LogP contribution is 2.32. The Morgan fingerprint density at radius 2 is 2.13 bits per heavy atom. The first-order chi connectivity index (χ1) is 14.9. The van der Waals surface area contributed by atoms with E-state index in [-0.39, 0.29) is 24.6 Å². The number of rotatable bonds is 10. The second kappa shape index (κ2) is 10.2. The molecule has 1 atom stereocenters. The summed E-state index contributed by atoms with van der Waals surface area (Å²) < 4.78 is 16.4. The van der Waals surface area contributed by atoms with Gasteiger partial charge in [-0.1, -0.05) is 13.3 Å². The van der Waals surface area contributed by atoms with Gasteiger partial charge in [0.15, 0.2) is 0 Å². The van der Waals surface area contributed by atoms with Gasteiger partial charge in [0.05, 0.1) is 41.4 Å². The largest absolute Gasteiger partial charge is 0.462 e. The van der Waals surface area contributed by atoms with Crippen LogP contribution in [-0.4, -0.2) is 52.8 Å². The third-order valence-electron chi connectivity index (χ3n) is 4.63. The smallest absolute Gasteiger partial charge is 0.340 e. The number of hydrogen-bond acceptors (Lipinski definition) is 7. The van der Waals surface area contributed by atoms with Gasteiger partial charge in [-0.25, -0.2) is 9.78 Å². The van der Waals surface area contributed by atoms with Gasteiger partial charge < -0.3 is 24.5 Å². The fourth-order valence-corrected chi connectivity index (χ4v) is 3.08. The molecule has 2 aromatic rings. The minimum atomic E-state index is -0.457. The van der Waals surface area contributed by atoms with E-state index in [1.54, 1.807) is 19.1 Å². The van der Waals surface area contributed by atoms with Gasteiger partial charge in [-0.2, -0.15) is 4.98 Å². The van der Waals surface area contributed by atoms with Crippen molar-refractivity contribution in [1.82, 2.24) is 15.0 Å². The zero-order valence-electron chi connectivity index (χ0n) is 18.3. The predicted octanol–water partition coefficient (Wildman–Crippen LogP) is 3.37. The van der Waals surface area contributed by atoms with Crippen LogP contribution >= 0.6 is 0 Å². The van der Waals surface area contributed by atoms with Gasteiger partial charge >= 0.3 is 12.0 Å². The van der Waals surface area contributed by atoms with E-state index in [9.17, 15) is 9.59 Å². The second-order valence-electron chi connectivity index (χ2n) is 7.27. The van der Waals surface area contributed by atoms with Crippen molar-refractivity contribution in [2.45, 2.75) is 46.6 Å². The Kier molecular flexibility index (Phi) is 7.41. The minimum absolute atomic E-state index is 0.104. The molecule has 0 bridgehead atoms. The van der Waals surface area contributed by atoms with Crippen LogP contribution in [0.15, 0.2) is 12.3 Å². The Hall–Kier alpha value is -3.20. The molecule has 2 N–H and O–H groups in total. The SMILES string of the molecule is CCCCO[C@H](C)COc1ncc2c(n1)/C(=C/c1[nH]c(C)cc1C(=O)OCC)C(=O)N2. The molecule has 1 aliphatic rings. The second-order valence-corrected chi connectivity index (χ2v) is 7.27. The minimum Gasteiger partial charge on any atom is -0.462 e. The molecule has 1 amide bonds. The average molecular weight is 428 g/mol. The topological polar surface area (TPSA) is 115 Å². The number of nitrogens with one attached hydrogen (secondary N) is 2. The van der Waals surface area contributed by atoms with Gasteiger partial charge in [-0.15, -0.1) is 0 Å². The molecule has 0 saturated heterocycles. The van der Waals surface area contributed by atoms with Crippen LogP contribution in [0.4, 0.5) is 5.69 Å². The molecule has 0 fully saturated rings. The number of hydrogen-bond donors (Lipinski definition) is 2. The van der Waals surface area contributed by atoms with E-state index in [1.807, 2.05) is 13.8 Å². The van der Waals surface area contributed by atoms with Crippen LogP contribution < -0.4 is 10.1 Å². The first kappa shape index (κ1) is 22.5. The molecule has 0 aliphatic carbocycles. The number of esters is 1. The maximum Gasteiger partial charge on any atom is 0.340 e. The van der Waals surface area contributed by atoms with Crippen molar-refractivity contribution in [1.29, 1.82) is 0 Å². The number of aromatic amines is 1. The number of unbranched alkanes of at least 4 members (excludes halogenated alkanes) is 1. The molecule has 0 spiro atoms. The summed E-state index contributed by atoms with van der Waals surface area (Å²) in [6.45, 7) is 8.82. The summed E-state index contributed by atoms with van der Waals surface area (Å²) in [6, 6.07) is 1.84. The lowest BCUT2D eigenvalue weighted by atomic mass is 10.1. The number of nitrogens with zero attached hydrogens (tertiary/aromatic N) is 2. The number of aromatic nitrogens is 3. The molecule has 0 saturated carbocycles. The van der Waals surface area contributed by atoms with Crippen LogP contribution in [0.1, 0.15) is 61.1 Å². The van der Waals surface area contributed by atoms with Crippen LogP contribution in [0.5, 0.6) is 6.01 Å². The molecule has 0 aromatic carbocycles. The Morgan fingerprint density at radius 3 is 2.87 bits per heavy atom. The molecule has 1 aliphatic heterocycles. The first-order valence-electron chi connectivity index (χ1n) is 10.4. The highest BCUT2D eigenvalue weighted by Gasteiger charge is 2.28. The fraction of sp³-hybridized carbons (Fsp3) is 0.455. The van der Waals surface area contributed by atoms with Crippen molar-refractivity contribution in [2.24, 2.45) is 0 Å². The number of amides is 1. The van der Waals surface area contributed by atoms with Gasteiger partial charge in [-0.05, 0) is 39.3 Å². The van der Waals surface area contributed by atoms with Crippen molar-refractivity contribution in [3.63, 3.8) is 0 Å². The normalized spacial score (nSPS) is 15.0. The lowest BCUT2D eigenvalue weighted by molar-refractivity contribution is -0.110. The van der Waals surface area contributed by atoms with Gasteiger partial charge in [0, 0.05) is 12.3 Å². The van der Waals surface area contributed by atoms with Crippen molar-refractivity contribution in [3.8, 4) is 6.01 Å². The molecular weight excluding hydrogens is 400 g/mol. The van der Waals surface area contributed by atoms with Crippen molar-refractivity contribution in [3.05, 3.63) is 34.9 Å². The first-order valence-corrected chi connectivity index (χ1v) is 10.4. The Balaban J connectivity index is 1.81. The lowest BCUT2D eigenvalue weighted by Crippen LogP contribution is -2.19. The number of fused-ring (bicyclic) bond motifs is 1. The number of ether oxygens (including phenoxy) is 3. The maximum absolute atomic E-state index is 12.5. The molecule has 9 nitrogen and oxygen atoms in total. The van der Waals surface area contributed by atoms with E-state index < -0.39 is 5.97 Å². The third kappa shape index (κ3) is 5.49. The molecule has 3 heterocycles. The standard InChI is InChI=1S/C22H28N4O5/c1-5-7-8-30-14(4)12-31-22-23-11-18-19(26-22)16(20(27)25-18)10-17-15(9-13(3)24-17)21(28)29-6-2/h9-11,14,24H,5-8,12H2,1-4H3,(H,25,27)/b16-10-/t14-/m1/s1. The van der Waals surface area contributed by atoms with Crippen molar-refractivity contribution >= 4 is 29.2 Å². The third-order valence-corrected chi connectivity index (χ3v) is 4.63. The van der Waals surface area contributed by atoms with E-state index in [1.165, 1.54) is 6.20 Å². The fourth-order valence-electron chi connectivity index (χ4n) is 3.08. The molecule has 0 radical (unpaired) electrons. The Bertz CT molecular complexity index is 982. The summed E-state index contributed by atoms with van der Waals surface area (Å²) in [5, 5.41) is 2.73. The lowest BCUT2D eigenvalue weighted by Gasteiger charge is -2.13. The predicted molar refractivity (Wildman–Crippen MR) is 116 cm³/mol. The van der Waals surface area contributed by atoms with Crippen molar-refractivity contribution in [2.75, 3.05) is 25.1 Å². The van der Waals surface area contributed by atoms with Gasteiger partial charge in [-0.3, -0.25) is 4.79 Å². The summed E-state index contributed by atoms with van der Waals surface area (Å²) in [5.74, 6) is -0.791. The van der Waals surface area contributed by atoms with E-state index >= 15 is 0 Å². The highest BCUT2D eigenvalue weighted by atomic mass is 16.5. The molecule has 0 unspecified atom stereocenters. The van der Waals surface area contributed by atoms with Crippen molar-refractivity contribution < 1.29 is 23.8 Å². The van der Waals surface area contributed by atoms with Crippen LogP contribution in [-0.2, 0) is 14.3 Å². The monoisotopic (exact) mass is 428 g/mol. The molecule has 2 aromatic heterocycles. The molecular formula is C22H28N4O5. The number of anilines is 1. The van der Waals surface area contributed by atoms with Crippen LogP contribution in [0.25, 0.3) is 11.6 Å². The summed E-state index contributed by atoms with van der Waals surface area (Å²) in [4.78, 5) is 36.4. The van der Waals surface area contributed by atoms with Gasteiger partial charge in [0.1, 0.15) is 12.3 Å². The van der Waals surface area contributed by atoms with Gasteiger partial charge in [0.25, 0.3) is 5.91 Å². The maximum atomic E-state index is 12.5. The van der Waals surface area contributed by atoms with Crippen LogP contribution in [0.2, 0.25) is 0 Å². The molecule has 9 heteroatoms. The molecule has 31 heavy (non-hydrogen) atoms. The van der Waals surface area contributed by atoms with E-state index in [0.29, 0.717) is 41.4 Å². The quantitative estimate of drug-likeness (QED) is 0.339. The summed E-state index contributed by atoms with van der Waals surface area (Å²) in [6.07, 6.45) is 5.05. The zero-order chi connectivity index (χ0) is 22.4. The summed E-state index contributed by atoms with van der Waals surface area (Å²) >= 11 is 0. The summed E-state index contributed by atoms with van der Waals surface area (Å²) in [7, 11) is 0. The van der Waals surface area contributed by atoms with E-state index in [2.05, 4.69) is 27.2 Å². The van der Waals surface area contributed by atoms with Crippen LogP contribution in [0, 0.1) is 6.92 Å². The number of carbonyl (C=O) groups excluding carboxylic acids is 2. The van der Waals surface area contributed by atoms with Gasteiger partial charge in [0.2, 0.25) is 0 Å². The Labute approximate surface area is 181 Å². The van der Waals surface area contributed by atoms with E-state index in [0.717, 1.165) is 18.5 Å². The Morgan fingerprint density at radius 1 is 1.32 bits per heavy atom. The number of aryl methyl sites for hydroxylation is 1. The average Bonchev–Trinajstić information content (AvgIpc) is 3.26. The zero-order valence-corrected chi connectivity index (χ0v) is 18.3. The van der Waals surface area contributed by atoms with Crippen LogP contribution in [0.3, 0.4) is 0 Å². The number of H-pyrrole nitrogens is 1.